The number of hydrogen-bond donors (Lipinski definition) is 2. The number of amides is 1. The number of aromatic nitrogens is 2. The molecule has 1 unspecified atom stereocenters. The van der Waals surface area contributed by atoms with E-state index < -0.39 is 11.9 Å². The summed E-state index contributed by atoms with van der Waals surface area (Å²) >= 11 is 1.31. The molecule has 1 amide bonds. The molecule has 6 nitrogen and oxygen atoms in total. The normalized spacial score (nSPS) is 12.8. The summed E-state index contributed by atoms with van der Waals surface area (Å²) in [6.45, 7) is 0.0506. The number of hydrogen-bond acceptors (Lipinski definition) is 5. The number of primary amides is 1. The molecule has 0 fully saturated rings. The number of fused-ring (bicyclic) bond motifs is 1. The lowest BCUT2D eigenvalue weighted by Gasteiger charge is -2.09. The Balaban J connectivity index is 2.42. The second kappa shape index (κ2) is 4.03. The molecule has 0 aliphatic carbocycles. The molecule has 1 atom stereocenters. The van der Waals surface area contributed by atoms with E-state index in [4.69, 9.17) is 11.5 Å². The third kappa shape index (κ3) is 1.82. The maximum absolute atomic E-state index is 11.9. The SMILES string of the molecule is NC(=O)C(N)Cn1cnc2ccsc2c1=O. The van der Waals surface area contributed by atoms with E-state index in [1.165, 1.54) is 22.2 Å². The van der Waals surface area contributed by atoms with Gasteiger partial charge in [-0.25, -0.2) is 4.98 Å². The van der Waals surface area contributed by atoms with Crippen molar-refractivity contribution in [3.63, 3.8) is 0 Å². The molecule has 2 rings (SSSR count). The molecule has 2 aromatic rings. The van der Waals surface area contributed by atoms with Crippen LogP contribution < -0.4 is 17.0 Å². The fourth-order valence-electron chi connectivity index (χ4n) is 1.31. The molecule has 0 radical (unpaired) electrons. The van der Waals surface area contributed by atoms with Crippen LogP contribution in [0.4, 0.5) is 0 Å². The third-order valence-corrected chi connectivity index (χ3v) is 3.09. The topological polar surface area (TPSA) is 104 Å². The van der Waals surface area contributed by atoms with E-state index >= 15 is 0 Å². The molecule has 4 N–H and O–H groups in total. The molecule has 2 heterocycles. The van der Waals surface area contributed by atoms with Gasteiger partial charge >= 0.3 is 0 Å². The Morgan fingerprint density at radius 2 is 2.38 bits per heavy atom. The average molecular weight is 238 g/mol. The Bertz CT molecular complexity index is 588. The minimum absolute atomic E-state index is 0.0506. The van der Waals surface area contributed by atoms with Crippen LogP contribution in [0.2, 0.25) is 0 Å². The molecule has 0 saturated carbocycles. The van der Waals surface area contributed by atoms with E-state index in [0.717, 1.165) is 0 Å². The smallest absolute Gasteiger partial charge is 0.271 e. The average Bonchev–Trinajstić information content (AvgIpc) is 2.70. The van der Waals surface area contributed by atoms with Crippen LogP contribution >= 0.6 is 11.3 Å². The van der Waals surface area contributed by atoms with Crippen molar-refractivity contribution < 1.29 is 4.79 Å². The zero-order valence-corrected chi connectivity index (χ0v) is 9.11. The van der Waals surface area contributed by atoms with E-state index in [-0.39, 0.29) is 12.1 Å². The largest absolute Gasteiger partial charge is 0.368 e. The first-order valence-corrected chi connectivity index (χ1v) is 5.45. The van der Waals surface area contributed by atoms with Gasteiger partial charge in [0.15, 0.2) is 0 Å². The van der Waals surface area contributed by atoms with E-state index in [9.17, 15) is 9.59 Å². The molecule has 84 valence electrons. The van der Waals surface area contributed by atoms with Crippen LogP contribution in [0.15, 0.2) is 22.6 Å². The number of carbonyl (C=O) groups excluding carboxylic acids is 1. The molecule has 0 aromatic carbocycles. The number of nitrogens with zero attached hydrogens (tertiary/aromatic N) is 2. The summed E-state index contributed by atoms with van der Waals surface area (Å²) in [7, 11) is 0. The minimum atomic E-state index is -0.878. The number of thiophene rings is 1. The first kappa shape index (κ1) is 10.8. The van der Waals surface area contributed by atoms with Crippen LogP contribution in [0.5, 0.6) is 0 Å². The Kier molecular flexibility index (Phi) is 2.71. The van der Waals surface area contributed by atoms with Crippen LogP contribution in [-0.4, -0.2) is 21.5 Å². The summed E-state index contributed by atoms with van der Waals surface area (Å²) in [5.41, 5.74) is 11.0. The number of nitrogens with two attached hydrogens (primary N) is 2. The predicted octanol–water partition coefficient (Wildman–Crippen LogP) is -0.729. The standard InChI is InChI=1S/C9H10N4O2S/c10-5(8(11)14)3-13-4-12-6-1-2-16-7(6)9(13)15/h1-2,4-5H,3,10H2,(H2,11,14). The second-order valence-electron chi connectivity index (χ2n) is 3.35. The highest BCUT2D eigenvalue weighted by atomic mass is 32.1. The van der Waals surface area contributed by atoms with Crippen molar-refractivity contribution in [2.45, 2.75) is 12.6 Å². The van der Waals surface area contributed by atoms with Gasteiger partial charge < -0.3 is 11.5 Å². The van der Waals surface area contributed by atoms with Crippen molar-refractivity contribution in [2.24, 2.45) is 11.5 Å². The Morgan fingerprint density at radius 1 is 1.62 bits per heavy atom. The van der Waals surface area contributed by atoms with Gasteiger partial charge in [-0.1, -0.05) is 0 Å². The molecule has 0 aliphatic rings. The van der Waals surface area contributed by atoms with Gasteiger partial charge in [0.25, 0.3) is 5.56 Å². The molecule has 0 aliphatic heterocycles. The first-order chi connectivity index (χ1) is 7.59. The highest BCUT2D eigenvalue weighted by Gasteiger charge is 2.12. The zero-order valence-electron chi connectivity index (χ0n) is 8.29. The molecule has 16 heavy (non-hydrogen) atoms. The maximum Gasteiger partial charge on any atom is 0.271 e. The highest BCUT2D eigenvalue weighted by molar-refractivity contribution is 7.17. The lowest BCUT2D eigenvalue weighted by Crippen LogP contribution is -2.42. The predicted molar refractivity (Wildman–Crippen MR) is 61.0 cm³/mol. The van der Waals surface area contributed by atoms with Gasteiger partial charge in [0, 0.05) is 0 Å². The number of rotatable bonds is 3. The van der Waals surface area contributed by atoms with Crippen molar-refractivity contribution in [1.29, 1.82) is 0 Å². The van der Waals surface area contributed by atoms with Gasteiger partial charge in [-0.05, 0) is 11.4 Å². The first-order valence-electron chi connectivity index (χ1n) is 4.57. The van der Waals surface area contributed by atoms with Crippen molar-refractivity contribution >= 4 is 27.5 Å². The molecule has 0 spiro atoms. The zero-order chi connectivity index (χ0) is 11.7. The summed E-state index contributed by atoms with van der Waals surface area (Å²) < 4.78 is 1.85. The monoisotopic (exact) mass is 238 g/mol. The van der Waals surface area contributed by atoms with Gasteiger partial charge in [0.2, 0.25) is 5.91 Å². The fourth-order valence-corrected chi connectivity index (χ4v) is 2.10. The molecular weight excluding hydrogens is 228 g/mol. The fraction of sp³-hybridized carbons (Fsp3) is 0.222. The van der Waals surface area contributed by atoms with E-state index in [2.05, 4.69) is 4.98 Å². The summed E-state index contributed by atoms with van der Waals surface area (Å²) in [4.78, 5) is 26.7. The minimum Gasteiger partial charge on any atom is -0.368 e. The van der Waals surface area contributed by atoms with Crippen molar-refractivity contribution in [2.75, 3.05) is 0 Å². The van der Waals surface area contributed by atoms with Crippen molar-refractivity contribution in [3.05, 3.63) is 28.1 Å². The van der Waals surface area contributed by atoms with E-state index in [1.54, 1.807) is 11.4 Å². The van der Waals surface area contributed by atoms with Crippen LogP contribution in [0, 0.1) is 0 Å². The Morgan fingerprint density at radius 3 is 3.06 bits per heavy atom. The quantitative estimate of drug-likeness (QED) is 0.735. The van der Waals surface area contributed by atoms with Gasteiger partial charge in [-0.2, -0.15) is 0 Å². The lowest BCUT2D eigenvalue weighted by atomic mass is 10.3. The Labute approximate surface area is 94.5 Å². The third-order valence-electron chi connectivity index (χ3n) is 2.19. The summed E-state index contributed by atoms with van der Waals surface area (Å²) in [6.07, 6.45) is 1.38. The maximum atomic E-state index is 11.9. The van der Waals surface area contributed by atoms with E-state index in [1.807, 2.05) is 0 Å². The molecule has 0 bridgehead atoms. The van der Waals surface area contributed by atoms with Gasteiger partial charge in [-0.3, -0.25) is 14.2 Å². The van der Waals surface area contributed by atoms with Crippen LogP contribution in [-0.2, 0) is 11.3 Å². The van der Waals surface area contributed by atoms with Crippen molar-refractivity contribution in [3.8, 4) is 0 Å². The van der Waals surface area contributed by atoms with Gasteiger partial charge in [-0.15, -0.1) is 11.3 Å². The molecule has 0 saturated heterocycles. The molecular formula is C9H10N4O2S. The van der Waals surface area contributed by atoms with Crippen LogP contribution in [0.3, 0.4) is 0 Å². The molecule has 2 aromatic heterocycles. The number of carbonyl (C=O) groups is 1. The van der Waals surface area contributed by atoms with Crippen LogP contribution in [0.1, 0.15) is 0 Å². The van der Waals surface area contributed by atoms with Crippen LogP contribution in [0.25, 0.3) is 10.2 Å². The van der Waals surface area contributed by atoms with Gasteiger partial charge in [0.1, 0.15) is 10.7 Å². The van der Waals surface area contributed by atoms with Crippen molar-refractivity contribution in [1.82, 2.24) is 9.55 Å². The summed E-state index contributed by atoms with van der Waals surface area (Å²) in [5, 5.41) is 1.79. The second-order valence-corrected chi connectivity index (χ2v) is 4.26. The highest BCUT2D eigenvalue weighted by Crippen LogP contribution is 2.12. The summed E-state index contributed by atoms with van der Waals surface area (Å²) in [5.74, 6) is -0.641. The lowest BCUT2D eigenvalue weighted by molar-refractivity contribution is -0.119. The summed E-state index contributed by atoms with van der Waals surface area (Å²) in [6, 6.07) is 0.886. The molecule has 7 heteroatoms. The van der Waals surface area contributed by atoms with E-state index in [0.29, 0.717) is 10.2 Å². The van der Waals surface area contributed by atoms with Gasteiger partial charge in [0.05, 0.1) is 18.4 Å². The Hall–Kier alpha value is -1.73.